The van der Waals surface area contributed by atoms with E-state index in [0.717, 1.165) is 131 Å². The molecule has 2 aromatic carbocycles. The highest BCUT2D eigenvalue weighted by Crippen LogP contribution is 2.35. The third kappa shape index (κ3) is 25.4. The van der Waals surface area contributed by atoms with E-state index in [1.807, 2.05) is 145 Å². The molecular weight excluding hydrogens is 1310 g/mol. The number of nitrogens with one attached hydrogen (secondary N) is 6. The summed E-state index contributed by atoms with van der Waals surface area (Å²) in [7, 11) is 15.8. The number of allylic oxidation sites excluding steroid dienone is 2. The van der Waals surface area contributed by atoms with Gasteiger partial charge >= 0.3 is 5.97 Å². The number of carbonyl (C=O) groups is 2. The van der Waals surface area contributed by atoms with Crippen molar-refractivity contribution in [2.24, 2.45) is 0 Å². The zero-order chi connectivity index (χ0) is 66.7. The van der Waals surface area contributed by atoms with Crippen molar-refractivity contribution in [3.05, 3.63) is 166 Å². The number of halogens is 4. The van der Waals surface area contributed by atoms with Gasteiger partial charge in [0.25, 0.3) is 0 Å². The number of hydrogen-bond acceptors (Lipinski definition) is 16. The number of nitrogens with zero attached hydrogens (tertiary/aromatic N) is 10. The lowest BCUT2D eigenvalue weighted by Crippen LogP contribution is -2.40. The number of benzene rings is 2. The molecule has 9 N–H and O–H groups in total. The van der Waals surface area contributed by atoms with Crippen molar-refractivity contribution in [1.82, 2.24) is 64.8 Å². The van der Waals surface area contributed by atoms with Crippen LogP contribution in [0.4, 0.5) is 23.3 Å². The molecule has 10 rings (SSSR count). The number of carbonyl (C=O) groups excluding carboxylic acids is 1. The second kappa shape index (κ2) is 40.7. The Labute approximate surface area is 579 Å². The standard InChI is InChI=1S/C31H37ClN8O.C25H28ClN7.C6H12ClN.C4H5BrO2.C2H7N.2CH4/c1-39(2)15-7-12-29(41)36-22-13-14-23(33-17-22)20-40(3)24-9-6-8-21(16-24)37-31-35-19-27(32)30(38-31)26-18-34-28-11-5-4-10-25(26)28;1-33(15-18-10-9-16(27)12-28-18)19-6-4-5-17(11-19)31-25-30-14-22(26)24(32-25)21-13-29-23-8-3-2-7-20(21)23;1-5(2)6(7)8(3)4;5-3-1-2-4(6)7;1-3-2;;/h4-5,7,10-14,17-19,21,24,34H,6,8-9,15-16,20H2,1-3H3,(H,36,41)(H,35,37,38);2-3,7-10,12-14,17,19,29H,4-6,11,15,27H2,1H3,(H,30,31,32);1-4H3;1-2H,3H2,(H,6,7);3H,1-2H3;2*1H4/b12-7+;;;2-1+;;;/t21-,24+;17-,19+;;;;;/m11...../s1. The SMILES string of the molecule is C.C.CC(C)=C(Cl)N(C)C.CN(C)C/C=C/C(=O)Nc1ccc(CN(C)[C@H]2CCC[C@@H](Nc3ncc(Cl)c(-c4c[nH]c5ccccc45)n3)C2)nc1.CN(Cc1ccc(N)cn1)[C@H]1CCC[C@@H](Nc2ncc(Cl)c(-c3c[nH]c4ccccc34)n2)C1.CNC.O=C(O)/C=C/CBr. The van der Waals surface area contributed by atoms with Crippen molar-refractivity contribution in [2.75, 3.05) is 89.9 Å². The van der Waals surface area contributed by atoms with Gasteiger partial charge in [-0.1, -0.05) is 114 Å². The van der Waals surface area contributed by atoms with Gasteiger partial charge < -0.3 is 51.9 Å². The number of anilines is 4. The molecule has 1 amide bonds. The molecule has 6 aromatic heterocycles. The van der Waals surface area contributed by atoms with Crippen LogP contribution in [0.1, 0.15) is 91.5 Å². The Bertz CT molecular complexity index is 3670. The number of alkyl halides is 1. The van der Waals surface area contributed by atoms with Gasteiger partial charge in [-0.25, -0.2) is 24.7 Å². The molecular formula is C70H97BrCl3N17O3. The van der Waals surface area contributed by atoms with E-state index < -0.39 is 5.97 Å². The molecule has 2 aliphatic rings. The maximum Gasteiger partial charge on any atom is 0.328 e. The topological polar surface area (TPSA) is 250 Å². The number of rotatable bonds is 19. The van der Waals surface area contributed by atoms with E-state index in [0.29, 0.717) is 63.3 Å². The Morgan fingerprint density at radius 3 is 1.54 bits per heavy atom. The third-order valence-corrected chi connectivity index (χ3v) is 16.7. The molecule has 4 atom stereocenters. The minimum atomic E-state index is -0.903. The molecule has 0 unspecified atom stereocenters. The highest BCUT2D eigenvalue weighted by molar-refractivity contribution is 9.09. The molecule has 508 valence electrons. The van der Waals surface area contributed by atoms with Crippen LogP contribution in [0.2, 0.25) is 10.0 Å². The second-order valence-corrected chi connectivity index (χ2v) is 25.1. The normalized spacial score (nSPS) is 15.8. The first kappa shape index (κ1) is 79.0. The quantitative estimate of drug-likeness (QED) is 0.0213. The number of H-pyrrole nitrogens is 2. The number of pyridine rings is 2. The van der Waals surface area contributed by atoms with Crippen molar-refractivity contribution >= 4 is 108 Å². The first-order valence-corrected chi connectivity index (χ1v) is 32.9. The fraction of sp³-hybridized carbons (Fsp3) is 0.400. The van der Waals surface area contributed by atoms with Gasteiger partial charge in [0.2, 0.25) is 17.8 Å². The molecule has 94 heavy (non-hydrogen) atoms. The van der Waals surface area contributed by atoms with Gasteiger partial charge in [0.15, 0.2) is 0 Å². The summed E-state index contributed by atoms with van der Waals surface area (Å²) in [5.41, 5.74) is 15.8. The van der Waals surface area contributed by atoms with E-state index in [2.05, 4.69) is 103 Å². The van der Waals surface area contributed by atoms with E-state index in [-0.39, 0.29) is 26.8 Å². The van der Waals surface area contributed by atoms with Crippen molar-refractivity contribution < 1.29 is 14.7 Å². The van der Waals surface area contributed by atoms with Crippen LogP contribution in [0.25, 0.3) is 44.3 Å². The van der Waals surface area contributed by atoms with E-state index in [1.54, 1.807) is 30.9 Å². The van der Waals surface area contributed by atoms with Crippen LogP contribution < -0.4 is 27.0 Å². The zero-order valence-corrected chi connectivity index (χ0v) is 58.2. The summed E-state index contributed by atoms with van der Waals surface area (Å²) in [6, 6.07) is 25.5. The highest BCUT2D eigenvalue weighted by atomic mass is 79.9. The van der Waals surface area contributed by atoms with Crippen LogP contribution in [-0.2, 0) is 22.7 Å². The van der Waals surface area contributed by atoms with E-state index >= 15 is 0 Å². The number of nitrogens with two attached hydrogens (primary N) is 1. The Balaban J connectivity index is 0.000000316. The molecule has 0 bridgehead atoms. The van der Waals surface area contributed by atoms with Gasteiger partial charge in [-0.05, 0) is 149 Å². The molecule has 0 radical (unpaired) electrons. The highest BCUT2D eigenvalue weighted by Gasteiger charge is 2.28. The van der Waals surface area contributed by atoms with Crippen LogP contribution in [0.15, 0.2) is 145 Å². The van der Waals surface area contributed by atoms with Crippen LogP contribution in [0.5, 0.6) is 0 Å². The van der Waals surface area contributed by atoms with Crippen molar-refractivity contribution in [3.8, 4) is 22.5 Å². The molecule has 8 aromatic rings. The molecule has 20 nitrogen and oxygen atoms in total. The van der Waals surface area contributed by atoms with Crippen LogP contribution in [-0.4, -0.2) is 169 Å². The lowest BCUT2D eigenvalue weighted by atomic mass is 9.90. The predicted octanol–water partition coefficient (Wildman–Crippen LogP) is 14.9. The largest absolute Gasteiger partial charge is 0.478 e. The van der Waals surface area contributed by atoms with E-state index in [4.69, 9.17) is 55.6 Å². The number of carboxylic acids is 1. The number of hydrogen-bond donors (Lipinski definition) is 8. The summed E-state index contributed by atoms with van der Waals surface area (Å²) in [4.78, 5) is 64.6. The minimum absolute atomic E-state index is 0. The van der Waals surface area contributed by atoms with Gasteiger partial charge in [0, 0.05) is 121 Å². The number of aromatic amines is 2. The van der Waals surface area contributed by atoms with E-state index in [9.17, 15) is 9.59 Å². The molecule has 0 aliphatic heterocycles. The average molecular weight is 1410 g/mol. The second-order valence-electron chi connectivity index (χ2n) is 23.3. The summed E-state index contributed by atoms with van der Waals surface area (Å²) < 4.78 is 0. The number of fused-ring (bicyclic) bond motifs is 2. The first-order valence-electron chi connectivity index (χ1n) is 30.6. The lowest BCUT2D eigenvalue weighted by Gasteiger charge is -2.35. The summed E-state index contributed by atoms with van der Waals surface area (Å²) in [5, 5.41) is 25.4. The van der Waals surface area contributed by atoms with E-state index in [1.165, 1.54) is 12.5 Å². The molecule has 2 saturated carbocycles. The zero-order valence-electron chi connectivity index (χ0n) is 54.3. The molecule has 6 heterocycles. The number of para-hydroxylation sites is 2. The summed E-state index contributed by atoms with van der Waals surface area (Å²) in [6.07, 6.45) is 25.5. The van der Waals surface area contributed by atoms with Crippen LogP contribution in [0, 0.1) is 0 Å². The van der Waals surface area contributed by atoms with Crippen molar-refractivity contribution in [1.29, 1.82) is 0 Å². The first-order chi connectivity index (χ1) is 44.2. The number of likely N-dealkylation sites (N-methyl/N-ethyl adjacent to an activating group) is 1. The molecule has 0 spiro atoms. The average Bonchev–Trinajstić information content (AvgIpc) is 1.61. The Kier molecular flexibility index (Phi) is 34.2. The Hall–Kier alpha value is -7.47. The van der Waals surface area contributed by atoms with Gasteiger partial charge in [-0.3, -0.25) is 24.6 Å². The number of carboxylic acid groups (broad SMARTS) is 1. The van der Waals surface area contributed by atoms with Crippen LogP contribution >= 0.6 is 50.7 Å². The van der Waals surface area contributed by atoms with Gasteiger partial charge in [-0.2, -0.15) is 0 Å². The van der Waals surface area contributed by atoms with Gasteiger partial charge in [0.05, 0.1) is 69.0 Å². The number of aromatic nitrogens is 8. The number of amides is 1. The number of nitrogen functional groups attached to an aromatic ring is 1. The summed E-state index contributed by atoms with van der Waals surface area (Å²) in [5.74, 6) is 0.156. The third-order valence-electron chi connectivity index (χ3n) is 15.0. The van der Waals surface area contributed by atoms with Crippen molar-refractivity contribution in [3.63, 3.8) is 0 Å². The lowest BCUT2D eigenvalue weighted by molar-refractivity contribution is -0.131. The fourth-order valence-electron chi connectivity index (χ4n) is 10.6. The molecule has 24 heteroatoms. The number of aliphatic carboxylic acids is 1. The van der Waals surface area contributed by atoms with Gasteiger partial charge in [0.1, 0.15) is 5.16 Å². The smallest absolute Gasteiger partial charge is 0.328 e. The molecule has 2 aliphatic carbocycles. The minimum Gasteiger partial charge on any atom is -0.478 e. The maximum absolute atomic E-state index is 12.1. The molecule has 2 fully saturated rings. The van der Waals surface area contributed by atoms with Crippen LogP contribution in [0.3, 0.4) is 0 Å². The monoisotopic (exact) mass is 1410 g/mol. The Morgan fingerprint density at radius 2 is 1.15 bits per heavy atom. The Morgan fingerprint density at radius 1 is 0.670 bits per heavy atom. The molecule has 0 saturated heterocycles. The maximum atomic E-state index is 12.1. The summed E-state index contributed by atoms with van der Waals surface area (Å²) >= 11 is 21.8. The van der Waals surface area contributed by atoms with Crippen molar-refractivity contribution in [2.45, 2.75) is 117 Å². The fourth-order valence-corrected chi connectivity index (χ4v) is 11.2. The van der Waals surface area contributed by atoms with Gasteiger partial charge in [-0.15, -0.1) is 0 Å². The summed E-state index contributed by atoms with van der Waals surface area (Å²) in [6.45, 7) is 6.23. The predicted molar refractivity (Wildman–Crippen MR) is 397 cm³/mol.